The normalized spacial score (nSPS) is 11.5. The summed E-state index contributed by atoms with van der Waals surface area (Å²) in [7, 11) is 0. The van der Waals surface area contributed by atoms with Crippen molar-refractivity contribution < 1.29 is 0 Å². The second-order valence-electron chi connectivity index (χ2n) is 4.16. The van der Waals surface area contributed by atoms with Gasteiger partial charge in [-0.25, -0.2) is 9.50 Å². The molecule has 0 radical (unpaired) electrons. The van der Waals surface area contributed by atoms with Gasteiger partial charge in [0.25, 0.3) is 0 Å². The third-order valence-corrected chi connectivity index (χ3v) is 2.94. The van der Waals surface area contributed by atoms with E-state index in [-0.39, 0.29) is 0 Å². The Balaban J connectivity index is 2.23. The molecule has 2 heterocycles. The fourth-order valence-electron chi connectivity index (χ4n) is 1.47. The lowest BCUT2D eigenvalue weighted by molar-refractivity contribution is 0.584. The zero-order valence-electron chi connectivity index (χ0n) is 8.94. The molecule has 0 amide bonds. The Hall–Kier alpha value is -0.900. The minimum absolute atomic E-state index is 0.727. The fraction of sp³-hybridized carbons (Fsp3) is 0.455. The molecule has 0 aromatic carbocycles. The number of nitrogens with zero attached hydrogens (tertiary/aromatic N) is 3. The first-order chi connectivity index (χ1) is 7.16. The predicted octanol–water partition coefficient (Wildman–Crippen LogP) is 3.08. The SMILES string of the molecule is CC(C)CCc1cnc2c(Br)cnn2c1. The van der Waals surface area contributed by atoms with Crippen molar-refractivity contribution in [3.8, 4) is 0 Å². The number of hydrogen-bond donors (Lipinski definition) is 0. The Labute approximate surface area is 97.6 Å². The Bertz CT molecular complexity index is 462. The first-order valence-corrected chi connectivity index (χ1v) is 5.94. The Morgan fingerprint density at radius 1 is 1.40 bits per heavy atom. The quantitative estimate of drug-likeness (QED) is 0.856. The molecule has 80 valence electrons. The Kier molecular flexibility index (Phi) is 3.05. The minimum atomic E-state index is 0.727. The summed E-state index contributed by atoms with van der Waals surface area (Å²) < 4.78 is 2.76. The number of fused-ring (bicyclic) bond motifs is 1. The van der Waals surface area contributed by atoms with Gasteiger partial charge in [0.2, 0.25) is 0 Å². The molecule has 0 saturated carbocycles. The molecule has 0 spiro atoms. The molecule has 0 fully saturated rings. The van der Waals surface area contributed by atoms with Crippen LogP contribution in [0, 0.1) is 5.92 Å². The molecule has 2 rings (SSSR count). The van der Waals surface area contributed by atoms with Crippen molar-refractivity contribution in [2.45, 2.75) is 26.7 Å². The summed E-state index contributed by atoms with van der Waals surface area (Å²) in [6.45, 7) is 4.47. The van der Waals surface area contributed by atoms with Crippen LogP contribution in [0.5, 0.6) is 0 Å². The lowest BCUT2D eigenvalue weighted by Crippen LogP contribution is -1.97. The average molecular weight is 268 g/mol. The Morgan fingerprint density at radius 3 is 2.93 bits per heavy atom. The monoisotopic (exact) mass is 267 g/mol. The fourth-order valence-corrected chi connectivity index (χ4v) is 1.84. The van der Waals surface area contributed by atoms with E-state index in [4.69, 9.17) is 0 Å². The van der Waals surface area contributed by atoms with Gasteiger partial charge >= 0.3 is 0 Å². The molecule has 0 unspecified atom stereocenters. The number of rotatable bonds is 3. The largest absolute Gasteiger partial charge is 0.236 e. The van der Waals surface area contributed by atoms with Crippen molar-refractivity contribution in [2.24, 2.45) is 5.92 Å². The van der Waals surface area contributed by atoms with Crippen LogP contribution in [-0.4, -0.2) is 14.6 Å². The van der Waals surface area contributed by atoms with Crippen molar-refractivity contribution >= 4 is 21.6 Å². The third kappa shape index (κ3) is 2.37. The first kappa shape index (κ1) is 10.6. The predicted molar refractivity (Wildman–Crippen MR) is 63.8 cm³/mol. The topological polar surface area (TPSA) is 30.2 Å². The second kappa shape index (κ2) is 4.31. The molecule has 4 heteroatoms. The van der Waals surface area contributed by atoms with Gasteiger partial charge < -0.3 is 0 Å². The van der Waals surface area contributed by atoms with Crippen LogP contribution in [0.3, 0.4) is 0 Å². The maximum atomic E-state index is 4.37. The molecule has 0 saturated heterocycles. The van der Waals surface area contributed by atoms with Crippen LogP contribution in [0.25, 0.3) is 5.65 Å². The van der Waals surface area contributed by atoms with E-state index in [1.807, 2.05) is 10.7 Å². The van der Waals surface area contributed by atoms with E-state index in [9.17, 15) is 0 Å². The van der Waals surface area contributed by atoms with Crippen LogP contribution in [0.2, 0.25) is 0 Å². The van der Waals surface area contributed by atoms with Gasteiger partial charge in [0.05, 0.1) is 10.7 Å². The highest BCUT2D eigenvalue weighted by molar-refractivity contribution is 9.10. The van der Waals surface area contributed by atoms with Gasteiger partial charge in [0.15, 0.2) is 5.65 Å². The van der Waals surface area contributed by atoms with E-state index < -0.39 is 0 Å². The van der Waals surface area contributed by atoms with Crippen molar-refractivity contribution in [3.63, 3.8) is 0 Å². The molecule has 2 aromatic heterocycles. The highest BCUT2D eigenvalue weighted by Gasteiger charge is 2.03. The van der Waals surface area contributed by atoms with E-state index in [0.29, 0.717) is 0 Å². The second-order valence-corrected chi connectivity index (χ2v) is 5.01. The molecule has 2 aromatic rings. The van der Waals surface area contributed by atoms with Gasteiger partial charge in [-0.15, -0.1) is 0 Å². The van der Waals surface area contributed by atoms with Gasteiger partial charge in [-0.3, -0.25) is 0 Å². The molecule has 0 aliphatic rings. The molecular formula is C11H14BrN3. The molecule has 15 heavy (non-hydrogen) atoms. The maximum absolute atomic E-state index is 4.37. The maximum Gasteiger partial charge on any atom is 0.169 e. The molecule has 0 N–H and O–H groups in total. The number of aryl methyl sites for hydroxylation is 1. The number of halogens is 1. The van der Waals surface area contributed by atoms with Crippen molar-refractivity contribution in [3.05, 3.63) is 28.6 Å². The minimum Gasteiger partial charge on any atom is -0.236 e. The lowest BCUT2D eigenvalue weighted by atomic mass is 10.1. The summed E-state index contributed by atoms with van der Waals surface area (Å²) in [5, 5.41) is 4.21. The Morgan fingerprint density at radius 2 is 2.20 bits per heavy atom. The van der Waals surface area contributed by atoms with Crippen LogP contribution in [0.1, 0.15) is 25.8 Å². The van der Waals surface area contributed by atoms with E-state index in [2.05, 4.69) is 46.1 Å². The highest BCUT2D eigenvalue weighted by Crippen LogP contribution is 2.16. The molecule has 0 aliphatic heterocycles. The lowest BCUT2D eigenvalue weighted by Gasteiger charge is -2.04. The van der Waals surface area contributed by atoms with E-state index in [0.717, 1.165) is 22.5 Å². The summed E-state index contributed by atoms with van der Waals surface area (Å²) in [5.74, 6) is 0.727. The van der Waals surface area contributed by atoms with Gasteiger partial charge in [0, 0.05) is 12.4 Å². The summed E-state index contributed by atoms with van der Waals surface area (Å²) in [6.07, 6.45) is 8.02. The summed E-state index contributed by atoms with van der Waals surface area (Å²) in [6, 6.07) is 0. The van der Waals surface area contributed by atoms with Crippen molar-refractivity contribution in [1.29, 1.82) is 0 Å². The summed E-state index contributed by atoms with van der Waals surface area (Å²) in [5.41, 5.74) is 2.12. The molecule has 0 atom stereocenters. The number of aromatic nitrogens is 3. The standard InChI is InChI=1S/C11H14BrN3/c1-8(2)3-4-9-5-13-11-10(12)6-14-15(11)7-9/h5-8H,3-4H2,1-2H3. The van der Waals surface area contributed by atoms with Gasteiger partial charge in [-0.2, -0.15) is 5.10 Å². The average Bonchev–Trinajstić information content (AvgIpc) is 2.57. The van der Waals surface area contributed by atoms with Crippen LogP contribution in [-0.2, 0) is 6.42 Å². The highest BCUT2D eigenvalue weighted by atomic mass is 79.9. The summed E-state index contributed by atoms with van der Waals surface area (Å²) >= 11 is 3.41. The van der Waals surface area contributed by atoms with E-state index in [1.165, 1.54) is 12.0 Å². The van der Waals surface area contributed by atoms with Gasteiger partial charge in [-0.1, -0.05) is 13.8 Å². The van der Waals surface area contributed by atoms with Gasteiger partial charge in [0.1, 0.15) is 0 Å². The third-order valence-electron chi connectivity index (χ3n) is 2.38. The molecule has 0 bridgehead atoms. The van der Waals surface area contributed by atoms with E-state index >= 15 is 0 Å². The van der Waals surface area contributed by atoms with Crippen LogP contribution in [0.4, 0.5) is 0 Å². The van der Waals surface area contributed by atoms with Crippen LogP contribution >= 0.6 is 15.9 Å². The molecule has 3 nitrogen and oxygen atoms in total. The van der Waals surface area contributed by atoms with Crippen LogP contribution < -0.4 is 0 Å². The first-order valence-electron chi connectivity index (χ1n) is 5.14. The van der Waals surface area contributed by atoms with Crippen molar-refractivity contribution in [1.82, 2.24) is 14.6 Å². The zero-order chi connectivity index (χ0) is 10.8. The number of hydrogen-bond acceptors (Lipinski definition) is 2. The zero-order valence-corrected chi connectivity index (χ0v) is 10.5. The molecular weight excluding hydrogens is 254 g/mol. The van der Waals surface area contributed by atoms with Crippen molar-refractivity contribution in [2.75, 3.05) is 0 Å². The molecule has 0 aliphatic carbocycles. The smallest absolute Gasteiger partial charge is 0.169 e. The van der Waals surface area contributed by atoms with Crippen LogP contribution in [0.15, 0.2) is 23.1 Å². The summed E-state index contributed by atoms with van der Waals surface area (Å²) in [4.78, 5) is 4.37. The van der Waals surface area contributed by atoms with E-state index in [1.54, 1.807) is 6.20 Å². The van der Waals surface area contributed by atoms with Gasteiger partial charge in [-0.05, 0) is 40.3 Å².